The summed E-state index contributed by atoms with van der Waals surface area (Å²) >= 11 is 0. The molecule has 10 nitrogen and oxygen atoms in total. The Balaban J connectivity index is 1.43. The quantitative estimate of drug-likeness (QED) is 0.368. The van der Waals surface area contributed by atoms with E-state index in [-0.39, 0.29) is 17.5 Å². The van der Waals surface area contributed by atoms with Gasteiger partial charge < -0.3 is 20.9 Å². The number of imidazole rings is 1. The van der Waals surface area contributed by atoms with Gasteiger partial charge in [0.15, 0.2) is 11.5 Å². The Labute approximate surface area is 195 Å². The molecule has 1 fully saturated rings. The summed E-state index contributed by atoms with van der Waals surface area (Å²) in [6.07, 6.45) is 2.51. The number of nitrogens with two attached hydrogens (primary N) is 1. The zero-order chi connectivity index (χ0) is 23.5. The van der Waals surface area contributed by atoms with Crippen LogP contribution in [0, 0.1) is 11.3 Å². The predicted octanol–water partition coefficient (Wildman–Crippen LogP) is 2.53. The molecule has 1 aliphatic rings. The van der Waals surface area contributed by atoms with E-state index < -0.39 is 5.91 Å². The molecule has 4 aromatic rings. The maximum absolute atomic E-state index is 12.9. The lowest BCUT2D eigenvalue weighted by Gasteiger charge is -2.23. The standard InChI is InChI=1S/C24H23N9O/c25-13-15-12-16(33-10-3-8-27-9-11-33)6-7-17(15)20-14-28-22(26)21(29-20)23(34)32-24-30-18-4-1-2-5-19(18)31-24/h1-2,4-7,12,14,27H,3,8-11H2,(H2,26,28)(H2,30,31,32,34). The number of rotatable bonds is 4. The molecule has 1 aliphatic heterocycles. The average Bonchev–Trinajstić information content (AvgIpc) is 3.07. The first-order valence-corrected chi connectivity index (χ1v) is 11.0. The van der Waals surface area contributed by atoms with E-state index in [0.29, 0.717) is 16.8 Å². The van der Waals surface area contributed by atoms with E-state index in [1.54, 1.807) is 0 Å². The van der Waals surface area contributed by atoms with Crippen LogP contribution < -0.4 is 21.3 Å². The number of fused-ring (bicyclic) bond motifs is 1. The van der Waals surface area contributed by atoms with Crippen molar-refractivity contribution in [3.8, 4) is 17.3 Å². The number of hydrogen-bond acceptors (Lipinski definition) is 8. The number of carbonyl (C=O) groups is 1. The minimum atomic E-state index is -0.543. The number of aromatic nitrogens is 4. The first-order valence-electron chi connectivity index (χ1n) is 11.0. The molecule has 0 spiro atoms. The molecule has 34 heavy (non-hydrogen) atoms. The van der Waals surface area contributed by atoms with Crippen molar-refractivity contribution in [3.63, 3.8) is 0 Å². The number of amides is 1. The number of hydrogen-bond donors (Lipinski definition) is 4. The summed E-state index contributed by atoms with van der Waals surface area (Å²) in [5.41, 5.74) is 9.86. The van der Waals surface area contributed by atoms with Gasteiger partial charge in [-0.25, -0.2) is 15.0 Å². The lowest BCUT2D eigenvalue weighted by Crippen LogP contribution is -2.27. The number of nitriles is 1. The van der Waals surface area contributed by atoms with E-state index in [1.807, 2.05) is 42.5 Å². The van der Waals surface area contributed by atoms with Gasteiger partial charge in [0, 0.05) is 30.9 Å². The van der Waals surface area contributed by atoms with Crippen LogP contribution in [0.2, 0.25) is 0 Å². The Morgan fingerprint density at radius 2 is 2.03 bits per heavy atom. The van der Waals surface area contributed by atoms with Gasteiger partial charge >= 0.3 is 0 Å². The third kappa shape index (κ3) is 4.24. The lowest BCUT2D eigenvalue weighted by atomic mass is 10.0. The van der Waals surface area contributed by atoms with E-state index in [1.165, 1.54) is 6.20 Å². The Kier molecular flexibility index (Phi) is 5.76. The summed E-state index contributed by atoms with van der Waals surface area (Å²) in [7, 11) is 0. The molecule has 2 aromatic carbocycles. The number of anilines is 3. The molecule has 0 unspecified atom stereocenters. The van der Waals surface area contributed by atoms with E-state index in [9.17, 15) is 10.1 Å². The molecule has 2 aromatic heterocycles. The Bertz CT molecular complexity index is 1360. The monoisotopic (exact) mass is 453 g/mol. The van der Waals surface area contributed by atoms with Crippen molar-refractivity contribution in [3.05, 3.63) is 59.9 Å². The van der Waals surface area contributed by atoms with Crippen molar-refractivity contribution in [1.82, 2.24) is 25.3 Å². The SMILES string of the molecule is N#Cc1cc(N2CCCNCC2)ccc1-c1cnc(N)c(C(=O)Nc2nc3ccccc3[nH]2)n1. The Morgan fingerprint density at radius 3 is 2.88 bits per heavy atom. The lowest BCUT2D eigenvalue weighted by molar-refractivity contribution is 0.102. The molecule has 0 atom stereocenters. The Hall–Kier alpha value is -4.49. The number of nitrogen functional groups attached to an aromatic ring is 1. The number of nitrogens with zero attached hydrogens (tertiary/aromatic N) is 5. The fraction of sp³-hybridized carbons (Fsp3) is 0.208. The minimum Gasteiger partial charge on any atom is -0.382 e. The molecule has 0 radical (unpaired) electrons. The first-order chi connectivity index (χ1) is 16.6. The van der Waals surface area contributed by atoms with E-state index >= 15 is 0 Å². The molecule has 5 rings (SSSR count). The van der Waals surface area contributed by atoms with Crippen molar-refractivity contribution < 1.29 is 4.79 Å². The molecular formula is C24H23N9O. The van der Waals surface area contributed by atoms with Crippen LogP contribution in [0.25, 0.3) is 22.3 Å². The number of H-pyrrole nitrogens is 1. The fourth-order valence-electron chi connectivity index (χ4n) is 4.02. The second-order valence-electron chi connectivity index (χ2n) is 7.98. The smallest absolute Gasteiger partial charge is 0.280 e. The van der Waals surface area contributed by atoms with Gasteiger partial charge in [0.2, 0.25) is 5.95 Å². The number of carbonyl (C=O) groups excluding carboxylic acids is 1. The molecule has 0 aliphatic carbocycles. The third-order valence-corrected chi connectivity index (χ3v) is 5.74. The molecule has 1 amide bonds. The highest BCUT2D eigenvalue weighted by atomic mass is 16.2. The molecule has 0 bridgehead atoms. The Morgan fingerprint density at radius 1 is 1.15 bits per heavy atom. The maximum Gasteiger partial charge on any atom is 0.280 e. The number of nitrogens with one attached hydrogen (secondary N) is 3. The largest absolute Gasteiger partial charge is 0.382 e. The summed E-state index contributed by atoms with van der Waals surface area (Å²) in [5.74, 6) is -0.269. The first kappa shape index (κ1) is 21.4. The van der Waals surface area contributed by atoms with Crippen LogP contribution in [0.5, 0.6) is 0 Å². The highest BCUT2D eigenvalue weighted by Crippen LogP contribution is 2.27. The summed E-state index contributed by atoms with van der Waals surface area (Å²) in [6.45, 7) is 3.68. The van der Waals surface area contributed by atoms with Crippen LogP contribution in [-0.2, 0) is 0 Å². The maximum atomic E-state index is 12.9. The zero-order valence-corrected chi connectivity index (χ0v) is 18.4. The predicted molar refractivity (Wildman–Crippen MR) is 130 cm³/mol. The van der Waals surface area contributed by atoms with Crippen LogP contribution in [0.15, 0.2) is 48.7 Å². The summed E-state index contributed by atoms with van der Waals surface area (Å²) < 4.78 is 0. The average molecular weight is 454 g/mol. The summed E-state index contributed by atoms with van der Waals surface area (Å²) in [6, 6.07) is 15.4. The topological polar surface area (TPSA) is 149 Å². The fourth-order valence-corrected chi connectivity index (χ4v) is 4.02. The van der Waals surface area contributed by atoms with Crippen LogP contribution >= 0.6 is 0 Å². The molecule has 1 saturated heterocycles. The molecule has 10 heteroatoms. The van der Waals surface area contributed by atoms with Crippen molar-refractivity contribution in [2.45, 2.75) is 6.42 Å². The third-order valence-electron chi connectivity index (χ3n) is 5.74. The van der Waals surface area contributed by atoms with Gasteiger partial charge in [-0.05, 0) is 43.3 Å². The second-order valence-corrected chi connectivity index (χ2v) is 7.98. The van der Waals surface area contributed by atoms with Gasteiger partial charge in [-0.2, -0.15) is 5.26 Å². The minimum absolute atomic E-state index is 0.00967. The summed E-state index contributed by atoms with van der Waals surface area (Å²) in [4.78, 5) is 31.2. The summed E-state index contributed by atoms with van der Waals surface area (Å²) in [5, 5.41) is 15.9. The van der Waals surface area contributed by atoms with Gasteiger partial charge in [0.25, 0.3) is 5.91 Å². The molecule has 170 valence electrons. The number of aromatic amines is 1. The number of benzene rings is 2. The molecule has 3 heterocycles. The molecular weight excluding hydrogens is 430 g/mol. The molecule has 5 N–H and O–H groups in total. The van der Waals surface area contributed by atoms with Gasteiger partial charge in [0.05, 0.1) is 34.6 Å². The van der Waals surface area contributed by atoms with Gasteiger partial charge in [-0.15, -0.1) is 0 Å². The van der Waals surface area contributed by atoms with E-state index in [2.05, 4.69) is 41.5 Å². The number of para-hydroxylation sites is 2. The second kappa shape index (κ2) is 9.17. The van der Waals surface area contributed by atoms with Gasteiger partial charge in [-0.3, -0.25) is 10.1 Å². The highest BCUT2D eigenvalue weighted by Gasteiger charge is 2.19. The normalized spacial score (nSPS) is 13.9. The van der Waals surface area contributed by atoms with Crippen LogP contribution in [-0.4, -0.2) is 52.0 Å². The highest BCUT2D eigenvalue weighted by molar-refractivity contribution is 6.05. The van der Waals surface area contributed by atoms with Gasteiger partial charge in [0.1, 0.15) is 0 Å². The van der Waals surface area contributed by atoms with Crippen molar-refractivity contribution >= 4 is 34.4 Å². The van der Waals surface area contributed by atoms with Crippen molar-refractivity contribution in [2.75, 3.05) is 42.1 Å². The molecule has 0 saturated carbocycles. The van der Waals surface area contributed by atoms with Crippen LogP contribution in [0.3, 0.4) is 0 Å². The van der Waals surface area contributed by atoms with Crippen molar-refractivity contribution in [1.29, 1.82) is 5.26 Å². The van der Waals surface area contributed by atoms with Crippen LogP contribution in [0.1, 0.15) is 22.5 Å². The van der Waals surface area contributed by atoms with Gasteiger partial charge in [-0.1, -0.05) is 12.1 Å². The van der Waals surface area contributed by atoms with Crippen molar-refractivity contribution in [2.24, 2.45) is 0 Å². The van der Waals surface area contributed by atoms with E-state index in [4.69, 9.17) is 5.73 Å². The van der Waals surface area contributed by atoms with E-state index in [0.717, 1.165) is 49.3 Å². The van der Waals surface area contributed by atoms with Crippen LogP contribution in [0.4, 0.5) is 17.5 Å². The zero-order valence-electron chi connectivity index (χ0n) is 18.4.